The molecule has 0 spiro atoms. The third-order valence-corrected chi connectivity index (χ3v) is 3.47. The minimum Gasteiger partial charge on any atom is -0.421 e. The number of halogens is 10. The van der Waals surface area contributed by atoms with Crippen LogP contribution >= 0.6 is 0 Å². The molecule has 36 heavy (non-hydrogen) atoms. The number of ether oxygens (including phenoxy) is 4. The predicted octanol–water partition coefficient (Wildman–Crippen LogP) is 4.82. The van der Waals surface area contributed by atoms with Crippen LogP contribution in [0.25, 0.3) is 0 Å². The van der Waals surface area contributed by atoms with Crippen LogP contribution in [0, 0.1) is 81.9 Å². The number of hydrogen-bond acceptors (Lipinski definition) is 6. The van der Waals surface area contributed by atoms with Gasteiger partial charge in [-0.05, 0) is 23.7 Å². The number of carbonyl (C=O) groups is 2. The highest BCUT2D eigenvalue weighted by atomic mass is 19.2. The first kappa shape index (κ1) is 27.6. The van der Waals surface area contributed by atoms with E-state index in [1.54, 1.807) is 0 Å². The highest BCUT2D eigenvalue weighted by Crippen LogP contribution is 2.30. The Morgan fingerprint density at radius 3 is 1.00 bits per heavy atom. The van der Waals surface area contributed by atoms with Gasteiger partial charge in [0.2, 0.25) is 69.7 Å². The van der Waals surface area contributed by atoms with E-state index in [0.717, 1.165) is 0 Å². The van der Waals surface area contributed by atoms with Crippen molar-refractivity contribution in [3.05, 3.63) is 58.2 Å². The van der Waals surface area contributed by atoms with Crippen molar-refractivity contribution in [2.75, 3.05) is 13.2 Å². The van der Waals surface area contributed by atoms with Crippen LogP contribution in [0.15, 0.2) is 0 Å². The lowest BCUT2D eigenvalue weighted by Crippen LogP contribution is -2.15. The number of benzene rings is 2. The van der Waals surface area contributed by atoms with E-state index in [4.69, 9.17) is 0 Å². The van der Waals surface area contributed by atoms with Crippen molar-refractivity contribution in [3.63, 3.8) is 0 Å². The Labute approximate surface area is 192 Å². The van der Waals surface area contributed by atoms with Crippen molar-refractivity contribution in [1.29, 1.82) is 0 Å². The Hall–Kier alpha value is -4.60. The second-order valence-corrected chi connectivity index (χ2v) is 5.68. The van der Waals surface area contributed by atoms with Crippen molar-refractivity contribution < 1.29 is 72.4 Å². The summed E-state index contributed by atoms with van der Waals surface area (Å²) in [5.74, 6) is -20.1. The van der Waals surface area contributed by atoms with Gasteiger partial charge < -0.3 is 18.9 Å². The van der Waals surface area contributed by atoms with Gasteiger partial charge in [-0.15, -0.1) is 0 Å². The van der Waals surface area contributed by atoms with E-state index in [2.05, 4.69) is 18.9 Å². The molecule has 0 aliphatic heterocycles. The fourth-order valence-corrected chi connectivity index (χ4v) is 1.92. The van der Waals surface area contributed by atoms with Crippen molar-refractivity contribution in [3.8, 4) is 35.2 Å². The van der Waals surface area contributed by atoms with E-state index < -0.39 is 95.2 Å². The number of hydrogen-bond donors (Lipinski definition) is 0. The van der Waals surface area contributed by atoms with E-state index in [-0.39, 0.29) is 0 Å². The largest absolute Gasteiger partial charge is 0.515 e. The topological polar surface area (TPSA) is 71.1 Å². The molecule has 6 nitrogen and oxygen atoms in total. The van der Waals surface area contributed by atoms with Crippen LogP contribution in [0.2, 0.25) is 0 Å². The molecular weight excluding hydrogens is 526 g/mol. The number of carbonyl (C=O) groups excluding carboxylic acids is 2. The van der Waals surface area contributed by atoms with Gasteiger partial charge in [0.1, 0.15) is 0 Å². The summed E-state index contributed by atoms with van der Waals surface area (Å²) in [5.41, 5.74) is 0. The molecule has 0 radical (unpaired) electrons. The summed E-state index contributed by atoms with van der Waals surface area (Å²) in [6, 6.07) is 0. The van der Waals surface area contributed by atoms with Crippen LogP contribution in [-0.4, -0.2) is 25.5 Å². The minimum absolute atomic E-state index is 0.869. The Balaban J connectivity index is 1.84. The lowest BCUT2D eigenvalue weighted by atomic mass is 10.3. The fourth-order valence-electron chi connectivity index (χ4n) is 1.92. The maximum Gasteiger partial charge on any atom is 0.515 e. The van der Waals surface area contributed by atoms with E-state index in [1.165, 1.54) is 0 Å². The van der Waals surface area contributed by atoms with Gasteiger partial charge in [-0.25, -0.2) is 35.9 Å². The molecule has 16 heteroatoms. The SMILES string of the molecule is O=C(OCC#CC#CCOC(=O)Oc1c(F)c(F)c(F)c(F)c1F)Oc1c(F)c(F)c(F)c(F)c1F. The summed E-state index contributed by atoms with van der Waals surface area (Å²) >= 11 is 0. The molecule has 0 aliphatic carbocycles. The molecule has 0 N–H and O–H groups in total. The Bertz CT molecular complexity index is 1190. The van der Waals surface area contributed by atoms with Crippen LogP contribution in [-0.2, 0) is 9.47 Å². The molecule has 0 aliphatic rings. The van der Waals surface area contributed by atoms with Crippen LogP contribution in [0.5, 0.6) is 11.5 Å². The molecule has 0 saturated carbocycles. The van der Waals surface area contributed by atoms with E-state index in [0.29, 0.717) is 0 Å². The predicted molar refractivity (Wildman–Crippen MR) is 92.0 cm³/mol. The zero-order valence-corrected chi connectivity index (χ0v) is 16.6. The van der Waals surface area contributed by atoms with Gasteiger partial charge in [-0.2, -0.15) is 17.6 Å². The van der Waals surface area contributed by atoms with Gasteiger partial charge in [-0.3, -0.25) is 0 Å². The van der Waals surface area contributed by atoms with Gasteiger partial charge in [0, 0.05) is 0 Å². The second-order valence-electron chi connectivity index (χ2n) is 5.68. The number of rotatable bonds is 4. The lowest BCUT2D eigenvalue weighted by molar-refractivity contribution is 0.105. The van der Waals surface area contributed by atoms with E-state index in [9.17, 15) is 53.5 Å². The molecule has 0 atom stereocenters. The van der Waals surface area contributed by atoms with Gasteiger partial charge in [0.25, 0.3) is 0 Å². The van der Waals surface area contributed by atoms with Gasteiger partial charge in [-0.1, -0.05) is 0 Å². The van der Waals surface area contributed by atoms with Crippen molar-refractivity contribution in [2.24, 2.45) is 0 Å². The summed E-state index contributed by atoms with van der Waals surface area (Å²) in [4.78, 5) is 22.6. The quantitative estimate of drug-likeness (QED) is 0.141. The molecule has 0 bridgehead atoms. The first-order chi connectivity index (χ1) is 16.9. The molecule has 0 saturated heterocycles. The normalized spacial score (nSPS) is 9.94. The van der Waals surface area contributed by atoms with Gasteiger partial charge >= 0.3 is 12.3 Å². The molecule has 0 aromatic heterocycles. The van der Waals surface area contributed by atoms with E-state index >= 15 is 0 Å². The first-order valence-corrected chi connectivity index (χ1v) is 8.56. The third-order valence-electron chi connectivity index (χ3n) is 3.47. The standard InChI is InChI=1S/C20H4F10O6/c21-7-9(23)13(27)17(14(28)10(7)24)35-19(31)33-5-3-1-2-4-6-34-20(32)36-18-15(29)11(25)8(22)12(26)16(18)30/h5-6H2. The maximum atomic E-state index is 13.4. The fraction of sp³-hybridized carbons (Fsp3) is 0.100. The zero-order chi connectivity index (χ0) is 27.2. The Kier molecular flexibility index (Phi) is 8.98. The molecule has 2 rings (SSSR count). The summed E-state index contributed by atoms with van der Waals surface area (Å²) in [7, 11) is 0. The smallest absolute Gasteiger partial charge is 0.421 e. The molecule has 190 valence electrons. The molecular formula is C20H4F10O6. The van der Waals surface area contributed by atoms with Crippen LogP contribution in [0.4, 0.5) is 53.5 Å². The third kappa shape index (κ3) is 6.09. The average molecular weight is 530 g/mol. The summed E-state index contributed by atoms with van der Waals surface area (Å²) in [5, 5.41) is 0. The Morgan fingerprint density at radius 1 is 0.472 bits per heavy atom. The van der Waals surface area contributed by atoms with Gasteiger partial charge in [0.05, 0.1) is 0 Å². The minimum atomic E-state index is -2.48. The summed E-state index contributed by atoms with van der Waals surface area (Å²) in [6.07, 6.45) is -3.81. The lowest BCUT2D eigenvalue weighted by Gasteiger charge is -2.08. The van der Waals surface area contributed by atoms with Gasteiger partial charge in [0.15, 0.2) is 13.2 Å². The maximum absolute atomic E-state index is 13.4. The monoisotopic (exact) mass is 530 g/mol. The molecule has 2 aromatic carbocycles. The molecule has 0 amide bonds. The second kappa shape index (κ2) is 11.7. The van der Waals surface area contributed by atoms with E-state index in [1.807, 2.05) is 23.7 Å². The highest BCUT2D eigenvalue weighted by molar-refractivity contribution is 5.65. The Morgan fingerprint density at radius 2 is 0.722 bits per heavy atom. The molecule has 0 unspecified atom stereocenters. The van der Waals surface area contributed by atoms with Crippen LogP contribution in [0.1, 0.15) is 0 Å². The molecule has 0 fully saturated rings. The highest BCUT2D eigenvalue weighted by Gasteiger charge is 2.30. The summed E-state index contributed by atoms with van der Waals surface area (Å²) in [6.45, 7) is -1.74. The molecule has 0 heterocycles. The first-order valence-electron chi connectivity index (χ1n) is 8.56. The average Bonchev–Trinajstić information content (AvgIpc) is 2.85. The van der Waals surface area contributed by atoms with Crippen LogP contribution in [0.3, 0.4) is 0 Å². The zero-order valence-electron chi connectivity index (χ0n) is 16.6. The van der Waals surface area contributed by atoms with Crippen LogP contribution < -0.4 is 9.47 Å². The molecule has 2 aromatic rings. The summed E-state index contributed by atoms with van der Waals surface area (Å²) < 4.78 is 147. The van der Waals surface area contributed by atoms with Crippen molar-refractivity contribution in [1.82, 2.24) is 0 Å². The van der Waals surface area contributed by atoms with Crippen molar-refractivity contribution >= 4 is 12.3 Å². The van der Waals surface area contributed by atoms with Crippen molar-refractivity contribution in [2.45, 2.75) is 0 Å².